The van der Waals surface area contributed by atoms with Crippen LogP contribution in [0.1, 0.15) is 0 Å². The number of nitrogens with one attached hydrogen (secondary N) is 1. The molecule has 0 bridgehead atoms. The topological polar surface area (TPSA) is 47.6 Å². The fourth-order valence-corrected chi connectivity index (χ4v) is 1.06. The molecule has 4 nitrogen and oxygen atoms in total. The van der Waals surface area contributed by atoms with Crippen LogP contribution in [0.15, 0.2) is 24.3 Å². The van der Waals surface area contributed by atoms with Crippen molar-refractivity contribution in [1.82, 2.24) is 0 Å². The van der Waals surface area contributed by atoms with Crippen LogP contribution in [0.4, 0.5) is 32.4 Å². The van der Waals surface area contributed by atoms with Gasteiger partial charge in [0.1, 0.15) is 5.75 Å². The van der Waals surface area contributed by atoms with E-state index in [1.807, 2.05) is 5.32 Å². The zero-order valence-electron chi connectivity index (χ0n) is 9.21. The quantitative estimate of drug-likeness (QED) is 0.862. The van der Waals surface area contributed by atoms with Crippen molar-refractivity contribution in [2.24, 2.45) is 0 Å². The number of rotatable bonds is 4. The molecule has 0 aromatic heterocycles. The van der Waals surface area contributed by atoms with Gasteiger partial charge in [0.15, 0.2) is 6.61 Å². The number of hydrogen-bond donors (Lipinski definition) is 1. The van der Waals surface area contributed by atoms with Crippen LogP contribution < -0.4 is 10.1 Å². The maximum atomic E-state index is 12.0. The second-order valence-corrected chi connectivity index (χ2v) is 3.19. The van der Waals surface area contributed by atoms with Gasteiger partial charge in [0, 0.05) is 0 Å². The summed E-state index contributed by atoms with van der Waals surface area (Å²) < 4.78 is 67.3. The molecule has 1 N–H and O–H groups in total. The van der Waals surface area contributed by atoms with Gasteiger partial charge in [-0.15, -0.1) is 0 Å². The molecule has 19 heavy (non-hydrogen) atoms. The van der Waals surface area contributed by atoms with E-state index in [1.54, 1.807) is 0 Å². The van der Waals surface area contributed by atoms with Crippen molar-refractivity contribution < 1.29 is 36.2 Å². The van der Waals surface area contributed by atoms with E-state index >= 15 is 0 Å². The van der Waals surface area contributed by atoms with Gasteiger partial charge in [0.2, 0.25) is 0 Å². The fraction of sp³-hybridized carbons (Fsp3) is 0.300. The standard InChI is InChI=1S/C10H8F5NO3/c11-8(12)19-7-4-2-1-3-6(7)16-9(17)18-5-10(13,14)15/h1-4,8H,5H2,(H,16,17). The molecule has 0 radical (unpaired) electrons. The number of ether oxygens (including phenoxy) is 2. The van der Waals surface area contributed by atoms with Crippen molar-refractivity contribution in [2.45, 2.75) is 12.8 Å². The summed E-state index contributed by atoms with van der Waals surface area (Å²) >= 11 is 0. The van der Waals surface area contributed by atoms with Crippen LogP contribution >= 0.6 is 0 Å². The van der Waals surface area contributed by atoms with E-state index < -0.39 is 25.5 Å². The number of para-hydroxylation sites is 2. The molecule has 0 saturated carbocycles. The zero-order valence-corrected chi connectivity index (χ0v) is 9.21. The Labute approximate surface area is 104 Å². The van der Waals surface area contributed by atoms with Crippen LogP contribution in [0.25, 0.3) is 0 Å². The third-order valence-corrected chi connectivity index (χ3v) is 1.71. The number of carbonyl (C=O) groups excluding carboxylic acids is 1. The lowest BCUT2D eigenvalue weighted by molar-refractivity contribution is -0.159. The number of hydrogen-bond acceptors (Lipinski definition) is 3. The lowest BCUT2D eigenvalue weighted by Gasteiger charge is -2.12. The van der Waals surface area contributed by atoms with Crippen molar-refractivity contribution in [3.63, 3.8) is 0 Å². The average Bonchev–Trinajstić information content (AvgIpc) is 2.27. The summed E-state index contributed by atoms with van der Waals surface area (Å²) in [5.74, 6) is -0.388. The molecule has 0 fully saturated rings. The summed E-state index contributed by atoms with van der Waals surface area (Å²) in [6, 6.07) is 5.01. The molecule has 0 atom stereocenters. The highest BCUT2D eigenvalue weighted by Crippen LogP contribution is 2.25. The molecule has 1 aromatic carbocycles. The molecule has 0 saturated heterocycles. The summed E-state index contributed by atoms with van der Waals surface area (Å²) in [7, 11) is 0. The van der Waals surface area contributed by atoms with Crippen LogP contribution in [0, 0.1) is 0 Å². The molecule has 0 aliphatic heterocycles. The van der Waals surface area contributed by atoms with Gasteiger partial charge in [-0.05, 0) is 12.1 Å². The zero-order chi connectivity index (χ0) is 14.5. The Morgan fingerprint density at radius 3 is 2.47 bits per heavy atom. The van der Waals surface area contributed by atoms with E-state index in [4.69, 9.17) is 0 Å². The third-order valence-electron chi connectivity index (χ3n) is 1.71. The Bertz CT molecular complexity index is 435. The van der Waals surface area contributed by atoms with E-state index in [2.05, 4.69) is 9.47 Å². The largest absolute Gasteiger partial charge is 0.440 e. The minimum atomic E-state index is -4.67. The number of halogens is 5. The molecule has 9 heteroatoms. The molecule has 0 unspecified atom stereocenters. The monoisotopic (exact) mass is 285 g/mol. The summed E-state index contributed by atoms with van der Waals surface area (Å²) in [6.45, 7) is -4.91. The maximum absolute atomic E-state index is 12.0. The molecule has 1 amide bonds. The highest BCUT2D eigenvalue weighted by atomic mass is 19.4. The first-order valence-electron chi connectivity index (χ1n) is 4.82. The maximum Gasteiger partial charge on any atom is 0.422 e. The molecule has 0 aliphatic carbocycles. The number of carbonyl (C=O) groups is 1. The van der Waals surface area contributed by atoms with E-state index in [0.717, 1.165) is 6.07 Å². The third kappa shape index (κ3) is 5.89. The summed E-state index contributed by atoms with van der Waals surface area (Å²) in [4.78, 5) is 11.0. The minimum Gasteiger partial charge on any atom is -0.440 e. The summed E-state index contributed by atoms with van der Waals surface area (Å²) in [5.41, 5.74) is -0.227. The van der Waals surface area contributed by atoms with E-state index in [9.17, 15) is 26.7 Å². The average molecular weight is 285 g/mol. The first-order chi connectivity index (χ1) is 8.78. The van der Waals surface area contributed by atoms with Gasteiger partial charge in [0.25, 0.3) is 0 Å². The van der Waals surface area contributed by atoms with Gasteiger partial charge < -0.3 is 9.47 Å². The van der Waals surface area contributed by atoms with E-state index in [-0.39, 0.29) is 11.4 Å². The van der Waals surface area contributed by atoms with Crippen LogP contribution in [0.5, 0.6) is 5.75 Å². The van der Waals surface area contributed by atoms with Gasteiger partial charge in [-0.25, -0.2) is 4.79 Å². The Hall–Kier alpha value is -2.06. The van der Waals surface area contributed by atoms with Crippen molar-refractivity contribution in [1.29, 1.82) is 0 Å². The minimum absolute atomic E-state index is 0.227. The van der Waals surface area contributed by atoms with Crippen LogP contribution in [-0.4, -0.2) is 25.5 Å². The number of amides is 1. The van der Waals surface area contributed by atoms with Gasteiger partial charge in [0.05, 0.1) is 5.69 Å². The molecule has 1 rings (SSSR count). The first kappa shape index (κ1) is 15.0. The Morgan fingerprint density at radius 2 is 1.89 bits per heavy atom. The van der Waals surface area contributed by atoms with Gasteiger partial charge >= 0.3 is 18.9 Å². The number of benzene rings is 1. The molecule has 1 aromatic rings. The van der Waals surface area contributed by atoms with Crippen molar-refractivity contribution in [3.8, 4) is 5.75 Å². The van der Waals surface area contributed by atoms with Gasteiger partial charge in [-0.3, -0.25) is 5.32 Å². The highest BCUT2D eigenvalue weighted by Gasteiger charge is 2.29. The summed E-state index contributed by atoms with van der Waals surface area (Å²) in [6.07, 6.45) is -6.10. The van der Waals surface area contributed by atoms with Crippen LogP contribution in [-0.2, 0) is 4.74 Å². The smallest absolute Gasteiger partial charge is 0.422 e. The van der Waals surface area contributed by atoms with Gasteiger partial charge in [-0.2, -0.15) is 22.0 Å². The molecular formula is C10H8F5NO3. The lowest BCUT2D eigenvalue weighted by Crippen LogP contribution is -2.23. The van der Waals surface area contributed by atoms with Crippen molar-refractivity contribution in [3.05, 3.63) is 24.3 Å². The Morgan fingerprint density at radius 1 is 1.26 bits per heavy atom. The SMILES string of the molecule is O=C(Nc1ccccc1OC(F)F)OCC(F)(F)F. The van der Waals surface area contributed by atoms with Crippen LogP contribution in [0.2, 0.25) is 0 Å². The van der Waals surface area contributed by atoms with E-state index in [1.165, 1.54) is 18.2 Å². The predicted octanol–water partition coefficient (Wildman–Crippen LogP) is 3.40. The molecule has 106 valence electrons. The van der Waals surface area contributed by atoms with E-state index in [0.29, 0.717) is 0 Å². The molecular weight excluding hydrogens is 277 g/mol. The van der Waals surface area contributed by atoms with Crippen molar-refractivity contribution in [2.75, 3.05) is 11.9 Å². The Kier molecular flexibility index (Phi) is 4.90. The lowest BCUT2D eigenvalue weighted by atomic mass is 10.3. The molecule has 0 heterocycles. The highest BCUT2D eigenvalue weighted by molar-refractivity contribution is 5.86. The number of anilines is 1. The summed E-state index contributed by atoms with van der Waals surface area (Å²) in [5, 5.41) is 1.87. The normalized spacial score (nSPS) is 11.3. The predicted molar refractivity (Wildman–Crippen MR) is 54.1 cm³/mol. The first-order valence-corrected chi connectivity index (χ1v) is 4.82. The van der Waals surface area contributed by atoms with Gasteiger partial charge in [-0.1, -0.05) is 12.1 Å². The van der Waals surface area contributed by atoms with Crippen molar-refractivity contribution >= 4 is 11.8 Å². The second kappa shape index (κ2) is 6.21. The molecule has 0 spiro atoms. The Balaban J connectivity index is 2.63. The molecule has 0 aliphatic rings. The fourth-order valence-electron chi connectivity index (χ4n) is 1.06. The second-order valence-electron chi connectivity index (χ2n) is 3.19. The number of alkyl halides is 5. The van der Waals surface area contributed by atoms with Crippen LogP contribution in [0.3, 0.4) is 0 Å².